The molecule has 1 rings (SSSR count). The van der Waals surface area contributed by atoms with Crippen molar-refractivity contribution in [2.24, 2.45) is 0 Å². The molecule has 0 bridgehead atoms. The highest BCUT2D eigenvalue weighted by Gasteiger charge is 2.02. The van der Waals surface area contributed by atoms with Gasteiger partial charge in [0.1, 0.15) is 0 Å². The lowest BCUT2D eigenvalue weighted by Crippen LogP contribution is -2.11. The molecule has 0 radical (unpaired) electrons. The van der Waals surface area contributed by atoms with Crippen LogP contribution in [0.5, 0.6) is 0 Å². The van der Waals surface area contributed by atoms with Gasteiger partial charge in [-0.25, -0.2) is 9.37 Å². The van der Waals surface area contributed by atoms with Crippen LogP contribution in [0.2, 0.25) is 0 Å². The predicted octanol–water partition coefficient (Wildman–Crippen LogP) is 2.43. The first-order chi connectivity index (χ1) is 6.74. The van der Waals surface area contributed by atoms with Gasteiger partial charge in [0.05, 0.1) is 6.61 Å². The van der Waals surface area contributed by atoms with E-state index in [2.05, 4.69) is 26.2 Å². The van der Waals surface area contributed by atoms with Crippen molar-refractivity contribution in [3.63, 3.8) is 0 Å². The Morgan fingerprint density at radius 3 is 3.07 bits per heavy atom. The zero-order chi connectivity index (χ0) is 10.4. The molecule has 5 heteroatoms. The fourth-order valence-electron chi connectivity index (χ4n) is 0.931. The highest BCUT2D eigenvalue weighted by atomic mass is 79.9. The van der Waals surface area contributed by atoms with Gasteiger partial charge in [0.2, 0.25) is 0 Å². The lowest BCUT2D eigenvalue weighted by atomic mass is 10.4. The minimum Gasteiger partial charge on any atom is -0.380 e. The van der Waals surface area contributed by atoms with Gasteiger partial charge in [-0.3, -0.25) is 0 Å². The molecule has 0 saturated carbocycles. The Balaban J connectivity index is 2.42. The van der Waals surface area contributed by atoms with Crippen LogP contribution in [0.3, 0.4) is 0 Å². The summed E-state index contributed by atoms with van der Waals surface area (Å²) in [6.07, 6.45) is 1.55. The fraction of sp³-hybridized carbons (Fsp3) is 0.444. The van der Waals surface area contributed by atoms with E-state index in [4.69, 9.17) is 4.74 Å². The number of rotatable bonds is 5. The Labute approximate surface area is 90.8 Å². The standard InChI is InChI=1S/C9H12BrFN2O/c1-2-14-4-3-12-9-8(11)5-7(10)6-13-9/h5-6H,2-4H2,1H3,(H,12,13). The topological polar surface area (TPSA) is 34.1 Å². The highest BCUT2D eigenvalue weighted by molar-refractivity contribution is 9.10. The fourth-order valence-corrected chi connectivity index (χ4v) is 1.23. The van der Waals surface area contributed by atoms with Crippen LogP contribution in [-0.2, 0) is 4.74 Å². The Bertz CT molecular complexity index is 296. The third-order valence-corrected chi connectivity index (χ3v) is 1.98. The largest absolute Gasteiger partial charge is 0.380 e. The van der Waals surface area contributed by atoms with E-state index in [1.54, 1.807) is 6.20 Å². The summed E-state index contributed by atoms with van der Waals surface area (Å²) in [5, 5.41) is 2.84. The summed E-state index contributed by atoms with van der Waals surface area (Å²) in [7, 11) is 0. The number of nitrogens with zero attached hydrogens (tertiary/aromatic N) is 1. The lowest BCUT2D eigenvalue weighted by molar-refractivity contribution is 0.158. The summed E-state index contributed by atoms with van der Waals surface area (Å²) in [4.78, 5) is 3.89. The van der Waals surface area contributed by atoms with Gasteiger partial charge in [-0.1, -0.05) is 0 Å². The second-order valence-corrected chi connectivity index (χ2v) is 3.52. The molecule has 78 valence electrons. The van der Waals surface area contributed by atoms with Crippen LogP contribution >= 0.6 is 15.9 Å². The van der Waals surface area contributed by atoms with Crippen LogP contribution in [0.15, 0.2) is 16.7 Å². The molecule has 1 aromatic rings. The summed E-state index contributed by atoms with van der Waals surface area (Å²) >= 11 is 3.13. The summed E-state index contributed by atoms with van der Waals surface area (Å²) in [6.45, 7) is 3.68. The molecular formula is C9H12BrFN2O. The maximum Gasteiger partial charge on any atom is 0.166 e. The van der Waals surface area contributed by atoms with Crippen molar-refractivity contribution in [1.82, 2.24) is 4.98 Å². The molecule has 0 aliphatic carbocycles. The molecule has 3 nitrogen and oxygen atoms in total. The number of hydrogen-bond acceptors (Lipinski definition) is 3. The van der Waals surface area contributed by atoms with Crippen molar-refractivity contribution in [2.45, 2.75) is 6.92 Å². The first-order valence-electron chi connectivity index (χ1n) is 4.36. The van der Waals surface area contributed by atoms with E-state index in [1.807, 2.05) is 6.92 Å². The number of ether oxygens (including phenoxy) is 1. The maximum atomic E-state index is 13.2. The molecule has 1 N–H and O–H groups in total. The number of anilines is 1. The Morgan fingerprint density at radius 1 is 1.64 bits per heavy atom. The summed E-state index contributed by atoms with van der Waals surface area (Å²) in [6, 6.07) is 1.37. The van der Waals surface area contributed by atoms with Gasteiger partial charge in [0, 0.05) is 23.8 Å². The van der Waals surface area contributed by atoms with Crippen LogP contribution in [0, 0.1) is 5.82 Å². The Kier molecular flexibility index (Phi) is 4.82. The molecule has 1 heterocycles. The van der Waals surface area contributed by atoms with Gasteiger partial charge in [-0.2, -0.15) is 0 Å². The molecule has 14 heavy (non-hydrogen) atoms. The van der Waals surface area contributed by atoms with E-state index in [-0.39, 0.29) is 11.6 Å². The lowest BCUT2D eigenvalue weighted by Gasteiger charge is -2.06. The summed E-state index contributed by atoms with van der Waals surface area (Å²) in [5.74, 6) is -0.108. The molecule has 0 saturated heterocycles. The van der Waals surface area contributed by atoms with Crippen LogP contribution in [0.4, 0.5) is 10.2 Å². The second-order valence-electron chi connectivity index (χ2n) is 2.61. The van der Waals surface area contributed by atoms with Gasteiger partial charge in [0.15, 0.2) is 11.6 Å². The van der Waals surface area contributed by atoms with E-state index < -0.39 is 0 Å². The first-order valence-corrected chi connectivity index (χ1v) is 5.16. The average molecular weight is 263 g/mol. The monoisotopic (exact) mass is 262 g/mol. The number of hydrogen-bond donors (Lipinski definition) is 1. The zero-order valence-corrected chi connectivity index (χ0v) is 9.47. The molecule has 0 amide bonds. The molecule has 0 aliphatic heterocycles. The highest BCUT2D eigenvalue weighted by Crippen LogP contribution is 2.15. The average Bonchev–Trinajstić information content (AvgIpc) is 2.15. The minimum atomic E-state index is -0.365. The van der Waals surface area contributed by atoms with Gasteiger partial charge in [-0.15, -0.1) is 0 Å². The molecule has 0 spiro atoms. The van der Waals surface area contributed by atoms with E-state index >= 15 is 0 Å². The van der Waals surface area contributed by atoms with Crippen LogP contribution in [-0.4, -0.2) is 24.7 Å². The van der Waals surface area contributed by atoms with Crippen molar-refractivity contribution in [1.29, 1.82) is 0 Å². The number of nitrogens with one attached hydrogen (secondary N) is 1. The van der Waals surface area contributed by atoms with Crippen molar-refractivity contribution in [2.75, 3.05) is 25.1 Å². The first kappa shape index (κ1) is 11.4. The summed E-state index contributed by atoms with van der Waals surface area (Å²) in [5.41, 5.74) is 0. The van der Waals surface area contributed by atoms with Crippen molar-refractivity contribution in [3.8, 4) is 0 Å². The maximum absolute atomic E-state index is 13.2. The molecule has 0 aromatic carbocycles. The van der Waals surface area contributed by atoms with E-state index in [1.165, 1.54) is 6.07 Å². The van der Waals surface area contributed by atoms with E-state index in [0.29, 0.717) is 24.2 Å². The normalized spacial score (nSPS) is 10.2. The number of pyridine rings is 1. The van der Waals surface area contributed by atoms with Crippen LogP contribution < -0.4 is 5.32 Å². The Morgan fingerprint density at radius 2 is 2.43 bits per heavy atom. The Hall–Kier alpha value is -0.680. The SMILES string of the molecule is CCOCCNc1ncc(Br)cc1F. The van der Waals surface area contributed by atoms with Crippen molar-refractivity contribution >= 4 is 21.7 Å². The van der Waals surface area contributed by atoms with E-state index in [0.717, 1.165) is 0 Å². The molecule has 0 unspecified atom stereocenters. The molecule has 1 aromatic heterocycles. The smallest absolute Gasteiger partial charge is 0.166 e. The quantitative estimate of drug-likeness (QED) is 0.828. The molecule has 0 fully saturated rings. The zero-order valence-electron chi connectivity index (χ0n) is 7.89. The van der Waals surface area contributed by atoms with Crippen LogP contribution in [0.25, 0.3) is 0 Å². The molecule has 0 atom stereocenters. The number of halogens is 2. The van der Waals surface area contributed by atoms with Gasteiger partial charge < -0.3 is 10.1 Å². The third kappa shape index (κ3) is 3.59. The van der Waals surface area contributed by atoms with Gasteiger partial charge in [-0.05, 0) is 28.9 Å². The van der Waals surface area contributed by atoms with Gasteiger partial charge in [0.25, 0.3) is 0 Å². The molecule has 0 aliphatic rings. The third-order valence-electron chi connectivity index (χ3n) is 1.55. The summed E-state index contributed by atoms with van der Waals surface area (Å²) < 4.78 is 18.9. The van der Waals surface area contributed by atoms with Gasteiger partial charge >= 0.3 is 0 Å². The minimum absolute atomic E-state index is 0.257. The predicted molar refractivity (Wildman–Crippen MR) is 56.9 cm³/mol. The van der Waals surface area contributed by atoms with Crippen LogP contribution in [0.1, 0.15) is 6.92 Å². The molecular weight excluding hydrogens is 251 g/mol. The second kappa shape index (κ2) is 5.93. The van der Waals surface area contributed by atoms with Crippen molar-refractivity contribution in [3.05, 3.63) is 22.6 Å². The van der Waals surface area contributed by atoms with Crippen molar-refractivity contribution < 1.29 is 9.13 Å². The van der Waals surface area contributed by atoms with E-state index in [9.17, 15) is 4.39 Å². The number of aromatic nitrogens is 1.